The lowest BCUT2D eigenvalue weighted by molar-refractivity contribution is 0.0601. The van der Waals surface area contributed by atoms with Crippen LogP contribution in [-0.4, -0.2) is 62.3 Å². The molecule has 168 valence electrons. The summed E-state index contributed by atoms with van der Waals surface area (Å²) in [6.07, 6.45) is 6.44. The number of benzene rings is 2. The number of fused-ring (bicyclic) bond motifs is 2. The van der Waals surface area contributed by atoms with Crippen LogP contribution in [0.1, 0.15) is 34.3 Å². The normalized spacial score (nSPS) is 16.2. The highest BCUT2D eigenvalue weighted by Gasteiger charge is 2.19. The molecule has 1 saturated heterocycles. The van der Waals surface area contributed by atoms with Crippen molar-refractivity contribution < 1.29 is 14.3 Å². The Hall–Kier alpha value is -2.99. The topological polar surface area (TPSA) is 57.8 Å². The number of nitrogens with zero attached hydrogens (tertiary/aromatic N) is 2. The number of hydrogen-bond acceptors (Lipinski definition) is 5. The van der Waals surface area contributed by atoms with E-state index in [-0.39, 0.29) is 5.97 Å². The zero-order valence-corrected chi connectivity index (χ0v) is 18.7. The highest BCUT2D eigenvalue weighted by molar-refractivity contribution is 5.95. The molecular formula is C26H31N3O3. The van der Waals surface area contributed by atoms with Crippen molar-refractivity contribution in [2.75, 3.05) is 51.3 Å². The molecule has 2 aromatic carbocycles. The van der Waals surface area contributed by atoms with E-state index in [1.165, 1.54) is 30.3 Å². The molecule has 6 heteroatoms. The van der Waals surface area contributed by atoms with Crippen molar-refractivity contribution in [3.63, 3.8) is 0 Å². The number of rotatable bonds is 7. The molecule has 1 N–H and O–H groups in total. The van der Waals surface area contributed by atoms with E-state index in [0.29, 0.717) is 5.56 Å². The average molecular weight is 434 g/mol. The Labute approximate surface area is 189 Å². The highest BCUT2D eigenvalue weighted by atomic mass is 16.5. The summed E-state index contributed by atoms with van der Waals surface area (Å²) in [6, 6.07) is 12.3. The second-order valence-corrected chi connectivity index (χ2v) is 8.74. The van der Waals surface area contributed by atoms with Crippen LogP contribution < -0.4 is 9.64 Å². The third kappa shape index (κ3) is 4.32. The van der Waals surface area contributed by atoms with E-state index in [9.17, 15) is 4.79 Å². The SMILES string of the molecule is COC(=O)c1ccc2[nH]cc(CCCCN3CCN(c4ccc5c(c4)CCO5)CC3)c2c1. The molecule has 0 atom stereocenters. The van der Waals surface area contributed by atoms with Gasteiger partial charge in [0.25, 0.3) is 0 Å². The molecule has 6 nitrogen and oxygen atoms in total. The van der Waals surface area contributed by atoms with Crippen molar-refractivity contribution in [3.05, 3.63) is 59.3 Å². The lowest BCUT2D eigenvalue weighted by Gasteiger charge is -2.36. The van der Waals surface area contributed by atoms with Crippen molar-refractivity contribution in [3.8, 4) is 5.75 Å². The smallest absolute Gasteiger partial charge is 0.337 e. The number of aromatic nitrogens is 1. The number of ether oxygens (including phenoxy) is 2. The zero-order chi connectivity index (χ0) is 21.9. The molecule has 2 aliphatic rings. The Bertz CT molecular complexity index is 1100. The van der Waals surface area contributed by atoms with E-state index in [1.807, 2.05) is 18.2 Å². The number of H-pyrrole nitrogens is 1. The lowest BCUT2D eigenvalue weighted by atomic mass is 10.0. The van der Waals surface area contributed by atoms with Crippen LogP contribution in [0.25, 0.3) is 10.9 Å². The van der Waals surface area contributed by atoms with E-state index in [2.05, 4.69) is 39.2 Å². The van der Waals surface area contributed by atoms with Gasteiger partial charge in [-0.2, -0.15) is 0 Å². The van der Waals surface area contributed by atoms with Crippen LogP contribution in [0.2, 0.25) is 0 Å². The van der Waals surface area contributed by atoms with Crippen molar-refractivity contribution >= 4 is 22.6 Å². The molecule has 3 aromatic rings. The number of nitrogens with one attached hydrogen (secondary N) is 1. The van der Waals surface area contributed by atoms with E-state index < -0.39 is 0 Å². The van der Waals surface area contributed by atoms with Gasteiger partial charge in [0.15, 0.2) is 0 Å². The molecule has 32 heavy (non-hydrogen) atoms. The molecule has 5 rings (SSSR count). The van der Waals surface area contributed by atoms with Gasteiger partial charge in [-0.3, -0.25) is 4.90 Å². The van der Waals surface area contributed by atoms with Gasteiger partial charge in [-0.25, -0.2) is 4.79 Å². The summed E-state index contributed by atoms with van der Waals surface area (Å²) in [5, 5.41) is 1.13. The number of carbonyl (C=O) groups excluding carboxylic acids is 1. The van der Waals surface area contributed by atoms with Gasteiger partial charge in [0.1, 0.15) is 5.75 Å². The molecule has 0 bridgehead atoms. The summed E-state index contributed by atoms with van der Waals surface area (Å²) >= 11 is 0. The summed E-state index contributed by atoms with van der Waals surface area (Å²) in [7, 11) is 1.42. The van der Waals surface area contributed by atoms with Gasteiger partial charge in [-0.05, 0) is 73.3 Å². The number of piperazine rings is 1. The Morgan fingerprint density at radius 2 is 1.97 bits per heavy atom. The third-order valence-electron chi connectivity index (χ3n) is 6.77. The maximum atomic E-state index is 11.8. The minimum Gasteiger partial charge on any atom is -0.493 e. The van der Waals surface area contributed by atoms with Crippen molar-refractivity contribution in [1.29, 1.82) is 0 Å². The van der Waals surface area contributed by atoms with Gasteiger partial charge >= 0.3 is 5.97 Å². The Kier molecular flexibility index (Phi) is 6.04. The number of methoxy groups -OCH3 is 1. The number of aromatic amines is 1. The number of hydrogen-bond donors (Lipinski definition) is 1. The van der Waals surface area contributed by atoms with Gasteiger partial charge in [0, 0.05) is 55.4 Å². The molecule has 0 saturated carbocycles. The molecule has 1 aromatic heterocycles. The maximum absolute atomic E-state index is 11.8. The second-order valence-electron chi connectivity index (χ2n) is 8.74. The van der Waals surface area contributed by atoms with Crippen molar-refractivity contribution in [2.45, 2.75) is 25.7 Å². The van der Waals surface area contributed by atoms with E-state index in [0.717, 1.165) is 75.2 Å². The van der Waals surface area contributed by atoms with E-state index in [4.69, 9.17) is 9.47 Å². The summed E-state index contributed by atoms with van der Waals surface area (Å²) in [5.41, 5.74) is 5.63. The number of anilines is 1. The molecule has 0 aliphatic carbocycles. The number of aryl methyl sites for hydroxylation is 1. The lowest BCUT2D eigenvalue weighted by Crippen LogP contribution is -2.46. The zero-order valence-electron chi connectivity index (χ0n) is 18.7. The minimum atomic E-state index is -0.286. The summed E-state index contributed by atoms with van der Waals surface area (Å²) in [5.74, 6) is 0.774. The molecule has 0 radical (unpaired) electrons. The summed E-state index contributed by atoms with van der Waals surface area (Å²) in [6.45, 7) is 6.35. The van der Waals surface area contributed by atoms with Crippen LogP contribution in [0, 0.1) is 0 Å². The molecule has 3 heterocycles. The molecule has 0 spiro atoms. The van der Waals surface area contributed by atoms with Crippen molar-refractivity contribution in [1.82, 2.24) is 9.88 Å². The minimum absolute atomic E-state index is 0.286. The summed E-state index contributed by atoms with van der Waals surface area (Å²) < 4.78 is 10.5. The molecule has 0 unspecified atom stereocenters. The second kappa shape index (κ2) is 9.25. The number of unbranched alkanes of at least 4 members (excludes halogenated alkanes) is 1. The van der Waals surface area contributed by atoms with Crippen LogP contribution in [0.15, 0.2) is 42.6 Å². The molecule has 0 amide bonds. The van der Waals surface area contributed by atoms with Gasteiger partial charge < -0.3 is 19.4 Å². The van der Waals surface area contributed by atoms with E-state index >= 15 is 0 Å². The van der Waals surface area contributed by atoms with Crippen LogP contribution in [-0.2, 0) is 17.6 Å². The fraction of sp³-hybridized carbons (Fsp3) is 0.423. The third-order valence-corrected chi connectivity index (χ3v) is 6.77. The van der Waals surface area contributed by atoms with Crippen LogP contribution >= 0.6 is 0 Å². The predicted octanol–water partition coefficient (Wildman–Crippen LogP) is 4.03. The number of carbonyl (C=O) groups is 1. The standard InChI is InChI=1S/C26H31N3O3/c1-31-26(30)20-5-7-24-23(17-20)21(18-27-24)4-2-3-10-28-11-13-29(14-12-28)22-6-8-25-19(16-22)9-15-32-25/h5-8,16-18,27H,2-4,9-15H2,1H3. The van der Waals surface area contributed by atoms with Gasteiger partial charge in [0.2, 0.25) is 0 Å². The average Bonchev–Trinajstić information content (AvgIpc) is 3.47. The van der Waals surface area contributed by atoms with Gasteiger partial charge in [0.05, 0.1) is 19.3 Å². The van der Waals surface area contributed by atoms with Crippen LogP contribution in [0.3, 0.4) is 0 Å². The first-order chi connectivity index (χ1) is 15.7. The first-order valence-corrected chi connectivity index (χ1v) is 11.6. The number of esters is 1. The Balaban J connectivity index is 1.09. The van der Waals surface area contributed by atoms with Crippen molar-refractivity contribution in [2.24, 2.45) is 0 Å². The first kappa shape index (κ1) is 20.9. The molecule has 1 fully saturated rings. The Morgan fingerprint density at radius 3 is 2.81 bits per heavy atom. The molecule has 2 aliphatic heterocycles. The fourth-order valence-corrected chi connectivity index (χ4v) is 4.88. The van der Waals surface area contributed by atoms with E-state index in [1.54, 1.807) is 0 Å². The Morgan fingerprint density at radius 1 is 1.09 bits per heavy atom. The predicted molar refractivity (Wildman–Crippen MR) is 127 cm³/mol. The largest absolute Gasteiger partial charge is 0.493 e. The van der Waals surface area contributed by atoms with Gasteiger partial charge in [-0.1, -0.05) is 0 Å². The monoisotopic (exact) mass is 433 g/mol. The van der Waals surface area contributed by atoms with Gasteiger partial charge in [-0.15, -0.1) is 0 Å². The highest BCUT2D eigenvalue weighted by Crippen LogP contribution is 2.30. The quantitative estimate of drug-likeness (QED) is 0.450. The van der Waals surface area contributed by atoms with Crippen LogP contribution in [0.4, 0.5) is 5.69 Å². The molecular weight excluding hydrogens is 402 g/mol. The summed E-state index contributed by atoms with van der Waals surface area (Å²) in [4.78, 5) is 20.2. The maximum Gasteiger partial charge on any atom is 0.337 e. The first-order valence-electron chi connectivity index (χ1n) is 11.6. The fourth-order valence-electron chi connectivity index (χ4n) is 4.88. The van der Waals surface area contributed by atoms with Crippen LogP contribution in [0.5, 0.6) is 5.75 Å².